The third-order valence-corrected chi connectivity index (χ3v) is 22.0. The molecule has 0 atom stereocenters. The van der Waals surface area contributed by atoms with Gasteiger partial charge in [0.15, 0.2) is 0 Å². The quantitative estimate of drug-likeness (QED) is 0.110. The molecule has 0 unspecified atom stereocenters. The third-order valence-electron chi connectivity index (χ3n) is 22.0. The van der Waals surface area contributed by atoms with Crippen LogP contribution in [0.5, 0.6) is 0 Å². The number of pyridine rings is 9. The Morgan fingerprint density at radius 1 is 0.144 bits per heavy atom. The van der Waals surface area contributed by atoms with Crippen molar-refractivity contribution in [2.75, 3.05) is 0 Å². The minimum atomic E-state index is 0.938. The molecule has 22 aromatic rings. The molecule has 0 saturated carbocycles. The number of fused-ring (bicyclic) bond motifs is 9. The van der Waals surface area contributed by atoms with Crippen molar-refractivity contribution >= 4 is 75.7 Å². The molecule has 0 amide bonds. The van der Waals surface area contributed by atoms with Gasteiger partial charge >= 0.3 is 0 Å². The van der Waals surface area contributed by atoms with Crippen LogP contribution in [0.3, 0.4) is 0 Å². The van der Waals surface area contributed by atoms with Gasteiger partial charge in [-0.2, -0.15) is 0 Å². The van der Waals surface area contributed by atoms with Crippen molar-refractivity contribution in [3.05, 3.63) is 432 Å². The highest BCUT2D eigenvalue weighted by Crippen LogP contribution is 2.41. The normalized spacial score (nSPS) is 11.2. The average molecular weight is 1510 g/mol. The second-order valence-electron chi connectivity index (χ2n) is 29.2. The van der Waals surface area contributed by atoms with Crippen molar-refractivity contribution in [3.8, 4) is 135 Å². The Bertz CT molecular complexity index is 7160. The van der Waals surface area contributed by atoms with E-state index in [0.29, 0.717) is 0 Å². The molecule has 0 N–H and O–H groups in total. The van der Waals surface area contributed by atoms with Crippen LogP contribution in [-0.2, 0) is 0 Å². The second kappa shape index (κ2) is 31.9. The summed E-state index contributed by atoms with van der Waals surface area (Å²) in [6.45, 7) is 0. The van der Waals surface area contributed by atoms with Crippen LogP contribution in [0.15, 0.2) is 432 Å². The minimum Gasteiger partial charge on any atom is -0.265 e. The van der Waals surface area contributed by atoms with Gasteiger partial charge in [0.1, 0.15) is 0 Å². The molecule has 22 rings (SSSR count). The molecular weight excluding hydrogens is 1440 g/mol. The lowest BCUT2D eigenvalue weighted by atomic mass is 9.97. The molecule has 0 aliphatic heterocycles. The first-order valence-corrected chi connectivity index (χ1v) is 39.5. The first-order valence-electron chi connectivity index (χ1n) is 39.5. The number of benzene rings is 13. The van der Waals surface area contributed by atoms with E-state index in [-0.39, 0.29) is 0 Å². The van der Waals surface area contributed by atoms with Crippen LogP contribution in [-0.4, -0.2) is 44.9 Å². The summed E-state index contributed by atoms with van der Waals surface area (Å²) in [6.07, 6.45) is 12.8. The highest BCUT2D eigenvalue weighted by atomic mass is 14.7. The summed E-state index contributed by atoms with van der Waals surface area (Å²) in [4.78, 5) is 42.7. The van der Waals surface area contributed by atoms with Crippen LogP contribution in [0.2, 0.25) is 0 Å². The largest absolute Gasteiger partial charge is 0.265 e. The first kappa shape index (κ1) is 71.1. The van der Waals surface area contributed by atoms with Crippen LogP contribution >= 0.6 is 0 Å². The Hall–Kier alpha value is -16.0. The number of rotatable bonds is 12. The van der Waals surface area contributed by atoms with Gasteiger partial charge in [-0.3, -0.25) is 19.9 Å². The van der Waals surface area contributed by atoms with Crippen LogP contribution in [0, 0.1) is 0 Å². The molecule has 0 saturated heterocycles. The second-order valence-corrected chi connectivity index (χ2v) is 29.2. The zero-order chi connectivity index (χ0) is 78.5. The Balaban J connectivity index is 0.000000117. The summed E-state index contributed by atoms with van der Waals surface area (Å²) in [7, 11) is 0. The van der Waals surface area contributed by atoms with Crippen LogP contribution < -0.4 is 0 Å². The van der Waals surface area contributed by atoms with Crippen molar-refractivity contribution < 1.29 is 0 Å². The summed E-state index contributed by atoms with van der Waals surface area (Å²) in [5, 5.41) is 14.0. The monoisotopic (exact) mass is 1510 g/mol. The van der Waals surface area contributed by atoms with Gasteiger partial charge in [-0.1, -0.05) is 315 Å². The molecule has 0 aliphatic carbocycles. The molecule has 0 spiro atoms. The predicted molar refractivity (Wildman–Crippen MR) is 487 cm³/mol. The maximum atomic E-state index is 5.30. The fraction of sp³-hybridized carbons (Fsp3) is 0. The fourth-order valence-electron chi connectivity index (χ4n) is 16.0. The lowest BCUT2D eigenvalue weighted by Crippen LogP contribution is -1.93. The molecule has 0 aliphatic rings. The van der Waals surface area contributed by atoms with E-state index >= 15 is 0 Å². The SMILES string of the molecule is c1ccc(-c2ccc(-c3cc4ccccc4c(-c4ccc(-c5cccnc5)cc4)n3)cc2)nc1.c1ccc2c(-c3ccc(-c4ccncc4)cc3)nc(-c3ccc(-c4ccncc4)cc3)cc2c1.c1ccc2c(-c3ccc(-c4nc5ccccc5c5ccccc45)cc3)nc(-c3ccc(-c4nc5ccccc5c5ccccc45)cc3)cc2c1. The van der Waals surface area contributed by atoms with Gasteiger partial charge in [0, 0.05) is 131 Å². The maximum absolute atomic E-state index is 5.30. The molecule has 9 heteroatoms. The Kier molecular flexibility index (Phi) is 19.2. The van der Waals surface area contributed by atoms with Crippen molar-refractivity contribution in [2.45, 2.75) is 0 Å². The lowest BCUT2D eigenvalue weighted by Gasteiger charge is -2.13. The first-order chi connectivity index (χ1) is 58.5. The molecule has 0 fully saturated rings. The Morgan fingerprint density at radius 2 is 0.424 bits per heavy atom. The van der Waals surface area contributed by atoms with Crippen LogP contribution in [0.4, 0.5) is 0 Å². The van der Waals surface area contributed by atoms with E-state index in [1.54, 1.807) is 6.20 Å². The number of aromatic nitrogens is 9. The Labute approximate surface area is 682 Å². The van der Waals surface area contributed by atoms with Gasteiger partial charge < -0.3 is 0 Å². The number of hydrogen-bond acceptors (Lipinski definition) is 9. The summed E-state index contributed by atoms with van der Waals surface area (Å²) < 4.78 is 0. The summed E-state index contributed by atoms with van der Waals surface area (Å²) in [5.41, 5.74) is 27.4. The molecule has 9 aromatic heterocycles. The number of nitrogens with zero attached hydrogens (tertiary/aromatic N) is 9. The molecule has 13 aromatic carbocycles. The molecule has 9 heterocycles. The van der Waals surface area contributed by atoms with E-state index in [2.05, 4.69) is 360 Å². The van der Waals surface area contributed by atoms with Crippen LogP contribution in [0.25, 0.3) is 210 Å². The smallest absolute Gasteiger partial charge is 0.0788 e. The highest BCUT2D eigenvalue weighted by molar-refractivity contribution is 6.12. The maximum Gasteiger partial charge on any atom is 0.0788 e. The molecule has 9 nitrogen and oxygen atoms in total. The molecule has 0 radical (unpaired) electrons. The summed E-state index contributed by atoms with van der Waals surface area (Å²) in [6, 6.07) is 135. The lowest BCUT2D eigenvalue weighted by molar-refractivity contribution is 1.32. The van der Waals surface area contributed by atoms with Crippen molar-refractivity contribution in [1.82, 2.24) is 44.9 Å². The average Bonchev–Trinajstić information content (AvgIpc) is 0.766. The molecule has 0 bridgehead atoms. The van der Waals surface area contributed by atoms with E-state index in [4.69, 9.17) is 24.9 Å². The molecule has 552 valence electrons. The van der Waals surface area contributed by atoms with E-state index in [1.165, 1.54) is 43.4 Å². The zero-order valence-electron chi connectivity index (χ0n) is 64.0. The van der Waals surface area contributed by atoms with Gasteiger partial charge in [-0.25, -0.2) is 24.9 Å². The van der Waals surface area contributed by atoms with Gasteiger partial charge in [0.2, 0.25) is 0 Å². The van der Waals surface area contributed by atoms with E-state index < -0.39 is 0 Å². The minimum absolute atomic E-state index is 0.938. The van der Waals surface area contributed by atoms with E-state index in [9.17, 15) is 0 Å². The summed E-state index contributed by atoms with van der Waals surface area (Å²) >= 11 is 0. The van der Waals surface area contributed by atoms with Crippen molar-refractivity contribution in [3.63, 3.8) is 0 Å². The highest BCUT2D eigenvalue weighted by Gasteiger charge is 2.19. The van der Waals surface area contributed by atoms with E-state index in [0.717, 1.165) is 167 Å². The third kappa shape index (κ3) is 14.4. The Morgan fingerprint density at radius 3 is 0.771 bits per heavy atom. The van der Waals surface area contributed by atoms with Crippen LogP contribution in [0.1, 0.15) is 0 Å². The fourth-order valence-corrected chi connectivity index (χ4v) is 16.0. The predicted octanol–water partition coefficient (Wildman–Crippen LogP) is 27.7. The van der Waals surface area contributed by atoms with E-state index in [1.807, 2.05) is 85.7 Å². The molecule has 118 heavy (non-hydrogen) atoms. The van der Waals surface area contributed by atoms with Gasteiger partial charge in [0.05, 0.1) is 62.3 Å². The van der Waals surface area contributed by atoms with Crippen molar-refractivity contribution in [1.29, 1.82) is 0 Å². The topological polar surface area (TPSA) is 116 Å². The number of para-hydroxylation sites is 2. The molecular formula is C109H71N9. The number of hydrogen-bond donors (Lipinski definition) is 0. The van der Waals surface area contributed by atoms with Gasteiger partial charge in [-0.05, 0) is 133 Å². The summed E-state index contributed by atoms with van der Waals surface area (Å²) in [5.74, 6) is 0. The standard InChI is InChI=1S/C47H29N3.2C31H21N3/c1-2-12-35-34(11-1)29-44(30-21-23-32(24-22-30)46-40-17-5-3-13-36(40)38-15-7-9-19-42(38)48-46)50-45(35)31-25-27-33(28-26-31)47-41-18-6-4-14-37(41)39-16-8-10-20-43(39)49-47;1-2-8-28-26(6-1)20-30(24-14-12-23(13-15-24)29-9-3-4-19-33-29)34-31(28)25-16-10-22(11-17-25)27-7-5-18-32-21-27;1-2-4-29-28(3-1)21-30(26-9-5-22(6-10-26)24-13-17-32-18-14-24)34-31(29)27-11-7-23(8-12-27)25-15-19-33-20-16-25/h1-29H;2*1-21H. The van der Waals surface area contributed by atoms with Gasteiger partial charge in [0.25, 0.3) is 0 Å². The van der Waals surface area contributed by atoms with Crippen molar-refractivity contribution in [2.24, 2.45) is 0 Å². The van der Waals surface area contributed by atoms with Gasteiger partial charge in [-0.15, -0.1) is 0 Å². The zero-order valence-corrected chi connectivity index (χ0v) is 64.0.